The smallest absolute Gasteiger partial charge is 0.324 e. The van der Waals surface area contributed by atoms with Gasteiger partial charge in [0.15, 0.2) is 0 Å². The van der Waals surface area contributed by atoms with Crippen molar-refractivity contribution in [3.8, 4) is 0 Å². The van der Waals surface area contributed by atoms with Crippen molar-refractivity contribution in [3.05, 3.63) is 12.3 Å². The molecule has 0 aliphatic carbocycles. The number of ether oxygens (including phenoxy) is 2. The zero-order valence-electron chi connectivity index (χ0n) is 14.5. The van der Waals surface area contributed by atoms with Crippen LogP contribution in [-0.4, -0.2) is 46.1 Å². The van der Waals surface area contributed by atoms with Crippen LogP contribution in [0.25, 0.3) is 0 Å². The third-order valence-corrected chi connectivity index (χ3v) is 3.58. The van der Waals surface area contributed by atoms with Crippen molar-refractivity contribution in [1.29, 1.82) is 0 Å². The van der Waals surface area contributed by atoms with E-state index in [1.54, 1.807) is 0 Å². The third kappa shape index (κ3) is 9.94. The van der Waals surface area contributed by atoms with Crippen LogP contribution in [0.1, 0.15) is 46.5 Å². The van der Waals surface area contributed by atoms with E-state index in [2.05, 4.69) is 12.0 Å². The summed E-state index contributed by atoms with van der Waals surface area (Å²) in [6.45, 7) is 11.4. The van der Waals surface area contributed by atoms with Gasteiger partial charge in [0.2, 0.25) is 3.79 Å². The van der Waals surface area contributed by atoms with Gasteiger partial charge in [0.05, 0.1) is 5.76 Å². The Morgan fingerprint density at radius 1 is 1.33 bits per heavy atom. The van der Waals surface area contributed by atoms with E-state index in [0.29, 0.717) is 6.42 Å². The highest BCUT2D eigenvalue weighted by Crippen LogP contribution is 2.26. The summed E-state index contributed by atoms with van der Waals surface area (Å²) < 4.78 is 9.15. The standard InChI is InChI=1S/C16H27Cl3N2O3/c1-12(24-15(2,3)4)7-5-9-21-10-6-8-13(20-21)14(22)23-11-16(17,18)19/h13,20H,1,5-11H2,2-4H3. The fraction of sp³-hybridized carbons (Fsp3) is 0.812. The molecule has 0 saturated carbocycles. The van der Waals surface area contributed by atoms with Crippen LogP contribution < -0.4 is 5.43 Å². The zero-order valence-corrected chi connectivity index (χ0v) is 16.8. The molecule has 1 aliphatic rings. The van der Waals surface area contributed by atoms with Gasteiger partial charge >= 0.3 is 5.97 Å². The van der Waals surface area contributed by atoms with Crippen LogP contribution >= 0.6 is 34.8 Å². The Labute approximate surface area is 159 Å². The predicted molar refractivity (Wildman–Crippen MR) is 98.2 cm³/mol. The Kier molecular flexibility index (Phi) is 8.63. The van der Waals surface area contributed by atoms with Crippen LogP contribution in [0.15, 0.2) is 12.3 Å². The minimum absolute atomic E-state index is 0.224. The Balaban J connectivity index is 2.30. The van der Waals surface area contributed by atoms with E-state index < -0.39 is 15.8 Å². The van der Waals surface area contributed by atoms with E-state index in [1.165, 1.54) is 0 Å². The maximum atomic E-state index is 12.0. The van der Waals surface area contributed by atoms with Crippen molar-refractivity contribution in [2.24, 2.45) is 0 Å². The Hall–Kier alpha value is -0.200. The number of hydrogen-bond acceptors (Lipinski definition) is 5. The first-order valence-electron chi connectivity index (χ1n) is 8.07. The van der Waals surface area contributed by atoms with Gasteiger partial charge in [-0.25, -0.2) is 10.4 Å². The van der Waals surface area contributed by atoms with E-state index in [0.717, 1.165) is 38.1 Å². The molecule has 0 aromatic carbocycles. The van der Waals surface area contributed by atoms with Crippen molar-refractivity contribution >= 4 is 40.8 Å². The van der Waals surface area contributed by atoms with Crippen LogP contribution in [-0.2, 0) is 14.3 Å². The van der Waals surface area contributed by atoms with Gasteiger partial charge in [-0.15, -0.1) is 0 Å². The fourth-order valence-electron chi connectivity index (χ4n) is 2.39. The van der Waals surface area contributed by atoms with Gasteiger partial charge in [-0.05, 0) is 40.0 Å². The SMILES string of the molecule is C=C(CCCN1CCCC(C(=O)OCC(Cl)(Cl)Cl)N1)OC(C)(C)C. The molecule has 140 valence electrons. The number of hydrazine groups is 1. The maximum absolute atomic E-state index is 12.0. The number of carbonyl (C=O) groups excluding carboxylic acids is 1. The molecule has 8 heteroatoms. The number of carbonyl (C=O) groups is 1. The molecule has 0 radical (unpaired) electrons. The summed E-state index contributed by atoms with van der Waals surface area (Å²) in [7, 11) is 0. The minimum Gasteiger partial charge on any atom is -0.493 e. The quantitative estimate of drug-likeness (QED) is 0.397. The molecule has 0 aromatic heterocycles. The highest BCUT2D eigenvalue weighted by molar-refractivity contribution is 6.67. The molecule has 24 heavy (non-hydrogen) atoms. The first-order chi connectivity index (χ1) is 11.0. The predicted octanol–water partition coefficient (Wildman–Crippen LogP) is 3.98. The second-order valence-corrected chi connectivity index (χ2v) is 9.41. The van der Waals surface area contributed by atoms with Gasteiger partial charge in [-0.1, -0.05) is 41.4 Å². The van der Waals surface area contributed by atoms with Crippen LogP contribution in [0.4, 0.5) is 0 Å². The normalized spacial score (nSPS) is 19.8. The zero-order chi connectivity index (χ0) is 18.4. The van der Waals surface area contributed by atoms with Crippen molar-refractivity contribution in [1.82, 2.24) is 10.4 Å². The number of rotatable bonds is 7. The summed E-state index contributed by atoms with van der Waals surface area (Å²) in [5, 5.41) is 2.02. The largest absolute Gasteiger partial charge is 0.493 e. The average Bonchev–Trinajstić information content (AvgIpc) is 2.42. The lowest BCUT2D eigenvalue weighted by atomic mass is 10.1. The van der Waals surface area contributed by atoms with Crippen LogP contribution in [0.2, 0.25) is 0 Å². The van der Waals surface area contributed by atoms with Crippen molar-refractivity contribution in [2.75, 3.05) is 19.7 Å². The van der Waals surface area contributed by atoms with Gasteiger partial charge in [-0.2, -0.15) is 0 Å². The number of nitrogens with zero attached hydrogens (tertiary/aromatic N) is 1. The lowest BCUT2D eigenvalue weighted by Gasteiger charge is -2.33. The van der Waals surface area contributed by atoms with Gasteiger partial charge in [0.1, 0.15) is 18.2 Å². The maximum Gasteiger partial charge on any atom is 0.324 e. The van der Waals surface area contributed by atoms with Gasteiger partial charge in [0.25, 0.3) is 0 Å². The number of allylic oxidation sites excluding steroid dienone is 1. The summed E-state index contributed by atoms with van der Waals surface area (Å²) in [4.78, 5) is 12.0. The van der Waals surface area contributed by atoms with E-state index in [1.807, 2.05) is 25.8 Å². The molecule has 1 heterocycles. The summed E-state index contributed by atoms with van der Waals surface area (Å²) >= 11 is 16.8. The second-order valence-electron chi connectivity index (χ2n) is 6.89. The Morgan fingerprint density at radius 2 is 2.00 bits per heavy atom. The topological polar surface area (TPSA) is 50.8 Å². The molecule has 0 bridgehead atoms. The molecule has 1 aliphatic heterocycles. The van der Waals surface area contributed by atoms with E-state index in [9.17, 15) is 4.79 Å². The van der Waals surface area contributed by atoms with Crippen molar-refractivity contribution < 1.29 is 14.3 Å². The third-order valence-electron chi connectivity index (χ3n) is 3.26. The average molecular weight is 402 g/mol. The second kappa shape index (κ2) is 9.48. The molecule has 0 spiro atoms. The molecule has 1 saturated heterocycles. The molecule has 1 fully saturated rings. The molecule has 1 N–H and O–H groups in total. The molecule has 1 atom stereocenters. The van der Waals surface area contributed by atoms with Gasteiger partial charge in [-0.3, -0.25) is 4.79 Å². The van der Waals surface area contributed by atoms with Crippen molar-refractivity contribution in [2.45, 2.75) is 61.9 Å². The summed E-state index contributed by atoms with van der Waals surface area (Å²) in [6, 6.07) is -0.403. The number of esters is 1. The first-order valence-corrected chi connectivity index (χ1v) is 9.21. The number of nitrogens with one attached hydrogen (secondary N) is 1. The van der Waals surface area contributed by atoms with E-state index in [-0.39, 0.29) is 12.2 Å². The first kappa shape index (κ1) is 21.8. The summed E-state index contributed by atoms with van der Waals surface area (Å²) in [5.41, 5.74) is 2.95. The lowest BCUT2D eigenvalue weighted by molar-refractivity contribution is -0.149. The monoisotopic (exact) mass is 400 g/mol. The fourth-order valence-corrected chi connectivity index (χ4v) is 2.55. The Morgan fingerprint density at radius 3 is 2.58 bits per heavy atom. The van der Waals surface area contributed by atoms with Gasteiger partial charge in [0, 0.05) is 19.5 Å². The number of alkyl halides is 3. The summed E-state index contributed by atoms with van der Waals surface area (Å²) in [5.74, 6) is 0.379. The highest BCUT2D eigenvalue weighted by Gasteiger charge is 2.29. The van der Waals surface area contributed by atoms with Crippen molar-refractivity contribution in [3.63, 3.8) is 0 Å². The number of halogens is 3. The minimum atomic E-state index is -1.59. The lowest BCUT2D eigenvalue weighted by Crippen LogP contribution is -2.53. The number of hydrogen-bond donors (Lipinski definition) is 1. The highest BCUT2D eigenvalue weighted by atomic mass is 35.6. The molecular weight excluding hydrogens is 375 g/mol. The molecule has 1 rings (SSSR count). The van der Waals surface area contributed by atoms with E-state index >= 15 is 0 Å². The van der Waals surface area contributed by atoms with E-state index in [4.69, 9.17) is 44.3 Å². The molecular formula is C16H27Cl3N2O3. The molecule has 5 nitrogen and oxygen atoms in total. The molecule has 1 unspecified atom stereocenters. The van der Waals surface area contributed by atoms with Crippen LogP contribution in [0.3, 0.4) is 0 Å². The summed E-state index contributed by atoms with van der Waals surface area (Å²) in [6.07, 6.45) is 3.27. The molecule has 0 amide bonds. The Bertz CT molecular complexity index is 433. The van der Waals surface area contributed by atoms with Crippen LogP contribution in [0, 0.1) is 0 Å². The molecule has 0 aromatic rings. The van der Waals surface area contributed by atoms with Crippen LogP contribution in [0.5, 0.6) is 0 Å². The van der Waals surface area contributed by atoms with Gasteiger partial charge < -0.3 is 9.47 Å².